The molecule has 0 aromatic carbocycles. The summed E-state index contributed by atoms with van der Waals surface area (Å²) in [6.45, 7) is 8.14. The highest BCUT2D eigenvalue weighted by Crippen LogP contribution is 2.30. The molecule has 2 N–H and O–H groups in total. The first-order valence-corrected chi connectivity index (χ1v) is 9.93. The van der Waals surface area contributed by atoms with Gasteiger partial charge >= 0.3 is 0 Å². The maximum Gasteiger partial charge on any atom is 0.129 e. The van der Waals surface area contributed by atoms with E-state index in [1.165, 1.54) is 0 Å². The summed E-state index contributed by atoms with van der Waals surface area (Å²) in [6.07, 6.45) is 2.15. The number of ether oxygens (including phenoxy) is 1. The topological polar surface area (TPSA) is 41.5 Å². The highest BCUT2D eigenvalue weighted by molar-refractivity contribution is 6.83. The van der Waals surface area contributed by atoms with Crippen molar-refractivity contribution in [3.05, 3.63) is 0 Å². The SMILES string of the molecule is C[Si](C)(C)C#CCC1(O)CC2COCC(C1)N2. The Hall–Kier alpha value is -0.343. The molecule has 96 valence electrons. The Morgan fingerprint density at radius 2 is 1.88 bits per heavy atom. The summed E-state index contributed by atoms with van der Waals surface area (Å²) in [4.78, 5) is 0. The summed E-state index contributed by atoms with van der Waals surface area (Å²) in [5.41, 5.74) is 2.74. The van der Waals surface area contributed by atoms with Crippen LogP contribution < -0.4 is 5.32 Å². The molecule has 2 aliphatic rings. The molecule has 2 bridgehead atoms. The lowest BCUT2D eigenvalue weighted by Gasteiger charge is -2.44. The molecule has 0 radical (unpaired) electrons. The Morgan fingerprint density at radius 1 is 1.29 bits per heavy atom. The van der Waals surface area contributed by atoms with Crippen molar-refractivity contribution in [1.29, 1.82) is 0 Å². The summed E-state index contributed by atoms with van der Waals surface area (Å²) >= 11 is 0. The lowest BCUT2D eigenvalue weighted by Crippen LogP contribution is -2.59. The number of aliphatic hydroxyl groups is 1. The van der Waals surface area contributed by atoms with Crippen LogP contribution in [-0.2, 0) is 4.74 Å². The Balaban J connectivity index is 1.96. The second-order valence-corrected chi connectivity index (χ2v) is 11.2. The van der Waals surface area contributed by atoms with Crippen LogP contribution in [0.2, 0.25) is 19.6 Å². The van der Waals surface area contributed by atoms with Gasteiger partial charge in [-0.2, -0.15) is 0 Å². The fraction of sp³-hybridized carbons (Fsp3) is 0.846. The fourth-order valence-electron chi connectivity index (χ4n) is 2.64. The molecule has 17 heavy (non-hydrogen) atoms. The summed E-state index contributed by atoms with van der Waals surface area (Å²) in [5, 5.41) is 14.1. The van der Waals surface area contributed by atoms with Crippen molar-refractivity contribution >= 4 is 8.07 Å². The summed E-state index contributed by atoms with van der Waals surface area (Å²) in [5.74, 6) is 3.22. The van der Waals surface area contributed by atoms with Gasteiger partial charge in [0.2, 0.25) is 0 Å². The van der Waals surface area contributed by atoms with Crippen LogP contribution >= 0.6 is 0 Å². The molecule has 0 aliphatic carbocycles. The molecule has 0 aromatic rings. The van der Waals surface area contributed by atoms with E-state index in [0.29, 0.717) is 18.5 Å². The van der Waals surface area contributed by atoms with E-state index in [1.807, 2.05) is 0 Å². The van der Waals surface area contributed by atoms with Crippen molar-refractivity contribution in [1.82, 2.24) is 5.32 Å². The normalized spacial score (nSPS) is 37.2. The van der Waals surface area contributed by atoms with E-state index in [-0.39, 0.29) is 0 Å². The molecule has 2 fully saturated rings. The molecule has 2 atom stereocenters. The molecule has 0 amide bonds. The number of hydrogen-bond donors (Lipinski definition) is 2. The van der Waals surface area contributed by atoms with Gasteiger partial charge in [0.15, 0.2) is 0 Å². The smallest absolute Gasteiger partial charge is 0.129 e. The van der Waals surface area contributed by atoms with E-state index in [2.05, 4.69) is 36.4 Å². The number of nitrogens with one attached hydrogen (secondary N) is 1. The van der Waals surface area contributed by atoms with Crippen LogP contribution in [0.25, 0.3) is 0 Å². The maximum atomic E-state index is 10.6. The van der Waals surface area contributed by atoms with E-state index >= 15 is 0 Å². The van der Waals surface area contributed by atoms with Gasteiger partial charge in [0.05, 0.1) is 18.8 Å². The number of morpholine rings is 1. The van der Waals surface area contributed by atoms with Crippen LogP contribution in [0.4, 0.5) is 0 Å². The van der Waals surface area contributed by atoms with Crippen LogP contribution in [0.5, 0.6) is 0 Å². The van der Waals surface area contributed by atoms with Crippen molar-refractivity contribution in [3.63, 3.8) is 0 Å². The largest absolute Gasteiger partial charge is 0.389 e. The molecule has 0 spiro atoms. The van der Waals surface area contributed by atoms with E-state index in [4.69, 9.17) is 4.74 Å². The fourth-order valence-corrected chi connectivity index (χ4v) is 3.26. The van der Waals surface area contributed by atoms with Gasteiger partial charge in [0, 0.05) is 18.5 Å². The van der Waals surface area contributed by atoms with Crippen molar-refractivity contribution in [2.45, 2.75) is 56.6 Å². The van der Waals surface area contributed by atoms with Crippen molar-refractivity contribution in [2.75, 3.05) is 13.2 Å². The predicted octanol–water partition coefficient (Wildman–Crippen LogP) is 1.14. The predicted molar refractivity (Wildman–Crippen MR) is 71.5 cm³/mol. The van der Waals surface area contributed by atoms with Gasteiger partial charge in [0.25, 0.3) is 0 Å². The molecule has 0 saturated carbocycles. The molecular weight excluding hydrogens is 230 g/mol. The van der Waals surface area contributed by atoms with E-state index in [0.717, 1.165) is 26.1 Å². The average molecular weight is 253 g/mol. The van der Waals surface area contributed by atoms with Crippen molar-refractivity contribution in [3.8, 4) is 11.5 Å². The number of rotatable bonds is 1. The molecule has 2 aliphatic heterocycles. The minimum atomic E-state index is -1.32. The second-order valence-electron chi connectivity index (χ2n) is 6.46. The molecule has 2 unspecified atom stereocenters. The van der Waals surface area contributed by atoms with Gasteiger partial charge < -0.3 is 15.2 Å². The van der Waals surface area contributed by atoms with Crippen LogP contribution in [0.1, 0.15) is 19.3 Å². The molecule has 2 heterocycles. The highest BCUT2D eigenvalue weighted by atomic mass is 28.3. The van der Waals surface area contributed by atoms with E-state index < -0.39 is 13.7 Å². The Kier molecular flexibility index (Phi) is 3.65. The highest BCUT2D eigenvalue weighted by Gasteiger charge is 2.40. The Labute approximate surface area is 105 Å². The number of piperidine rings is 1. The summed E-state index contributed by atoms with van der Waals surface area (Å²) in [7, 11) is -1.32. The zero-order valence-electron chi connectivity index (χ0n) is 11.0. The minimum Gasteiger partial charge on any atom is -0.389 e. The van der Waals surface area contributed by atoms with Crippen LogP contribution in [0.3, 0.4) is 0 Å². The zero-order chi connectivity index (χ0) is 12.5. The first-order chi connectivity index (χ1) is 7.86. The van der Waals surface area contributed by atoms with Crippen molar-refractivity contribution < 1.29 is 9.84 Å². The number of hydrogen-bond acceptors (Lipinski definition) is 3. The summed E-state index contributed by atoms with van der Waals surface area (Å²) < 4.78 is 5.49. The zero-order valence-corrected chi connectivity index (χ0v) is 12.0. The Bertz CT molecular complexity index is 328. The van der Waals surface area contributed by atoms with Crippen LogP contribution in [0, 0.1) is 11.5 Å². The lowest BCUT2D eigenvalue weighted by atomic mass is 9.81. The average Bonchev–Trinajstić information content (AvgIpc) is 2.13. The van der Waals surface area contributed by atoms with Gasteiger partial charge in [0.1, 0.15) is 8.07 Å². The molecular formula is C13H23NO2Si. The van der Waals surface area contributed by atoms with Gasteiger partial charge in [-0.1, -0.05) is 19.6 Å². The standard InChI is InChI=1S/C13H23NO2Si/c1-17(2,3)6-4-5-13(15)7-11-9-16-10-12(8-13)14-11/h11-12,14-15H,5,7-10H2,1-3H3. The lowest BCUT2D eigenvalue weighted by molar-refractivity contribution is -0.0732. The van der Waals surface area contributed by atoms with Gasteiger partial charge in [-0.3, -0.25) is 0 Å². The third-order valence-electron chi connectivity index (χ3n) is 3.24. The third-order valence-corrected chi connectivity index (χ3v) is 4.17. The summed E-state index contributed by atoms with van der Waals surface area (Å²) in [6, 6.07) is 0.613. The van der Waals surface area contributed by atoms with Crippen LogP contribution in [0.15, 0.2) is 0 Å². The monoisotopic (exact) mass is 253 g/mol. The first-order valence-electron chi connectivity index (χ1n) is 6.43. The maximum absolute atomic E-state index is 10.6. The van der Waals surface area contributed by atoms with Gasteiger partial charge in [-0.15, -0.1) is 11.5 Å². The first kappa shape index (κ1) is 13.1. The quantitative estimate of drug-likeness (QED) is 0.544. The second kappa shape index (κ2) is 4.73. The molecule has 2 saturated heterocycles. The molecule has 4 heteroatoms. The third kappa shape index (κ3) is 3.82. The minimum absolute atomic E-state index is 0.307. The molecule has 0 aromatic heterocycles. The number of fused-ring (bicyclic) bond motifs is 2. The Morgan fingerprint density at radius 3 is 2.41 bits per heavy atom. The van der Waals surface area contributed by atoms with Crippen molar-refractivity contribution in [2.24, 2.45) is 0 Å². The van der Waals surface area contributed by atoms with Crippen LogP contribution in [-0.4, -0.2) is 44.1 Å². The van der Waals surface area contributed by atoms with Gasteiger partial charge in [-0.05, 0) is 12.8 Å². The molecule has 2 rings (SSSR count). The van der Waals surface area contributed by atoms with E-state index in [1.54, 1.807) is 0 Å². The van der Waals surface area contributed by atoms with Gasteiger partial charge in [-0.25, -0.2) is 0 Å². The molecule has 3 nitrogen and oxygen atoms in total. The van der Waals surface area contributed by atoms with E-state index in [9.17, 15) is 5.11 Å².